The highest BCUT2D eigenvalue weighted by Gasteiger charge is 2.27. The first-order chi connectivity index (χ1) is 11.5. The summed E-state index contributed by atoms with van der Waals surface area (Å²) >= 11 is 1.41. The molecule has 1 heterocycles. The van der Waals surface area contributed by atoms with E-state index in [0.717, 1.165) is 29.7 Å². The third kappa shape index (κ3) is 3.33. The largest absolute Gasteiger partial charge is 0.365 e. The first-order valence-electron chi connectivity index (χ1n) is 7.93. The third-order valence-corrected chi connectivity index (χ3v) is 5.49. The minimum absolute atomic E-state index is 0.0795. The number of thiophene rings is 1. The van der Waals surface area contributed by atoms with Crippen LogP contribution in [-0.4, -0.2) is 11.8 Å². The maximum Gasteiger partial charge on any atom is 0.251 e. The number of halogens is 1. The average molecular weight is 346 g/mol. The normalized spacial score (nSPS) is 16.5. The molecule has 0 fully saturated rings. The van der Waals surface area contributed by atoms with Crippen molar-refractivity contribution in [1.82, 2.24) is 0 Å². The van der Waals surface area contributed by atoms with E-state index in [9.17, 15) is 14.0 Å². The zero-order chi connectivity index (χ0) is 17.3. The Labute approximate surface area is 143 Å². The Morgan fingerprint density at radius 2 is 2.12 bits per heavy atom. The van der Waals surface area contributed by atoms with Gasteiger partial charge >= 0.3 is 0 Å². The molecule has 0 spiro atoms. The molecule has 6 heteroatoms. The number of hydrogen-bond acceptors (Lipinski definition) is 3. The molecule has 0 radical (unpaired) electrons. The van der Waals surface area contributed by atoms with Crippen LogP contribution in [0, 0.1) is 11.7 Å². The van der Waals surface area contributed by atoms with Crippen molar-refractivity contribution >= 4 is 28.2 Å². The molecule has 1 aromatic carbocycles. The van der Waals surface area contributed by atoms with Gasteiger partial charge in [-0.1, -0.05) is 25.1 Å². The van der Waals surface area contributed by atoms with Crippen molar-refractivity contribution in [2.45, 2.75) is 32.6 Å². The summed E-state index contributed by atoms with van der Waals surface area (Å²) < 4.78 is 13.7. The summed E-state index contributed by atoms with van der Waals surface area (Å²) in [5.41, 5.74) is 7.24. The fourth-order valence-corrected chi connectivity index (χ4v) is 4.52. The summed E-state index contributed by atoms with van der Waals surface area (Å²) in [6, 6.07) is 6.16. The zero-order valence-corrected chi connectivity index (χ0v) is 14.2. The summed E-state index contributed by atoms with van der Waals surface area (Å²) in [6.07, 6.45) is 2.62. The van der Waals surface area contributed by atoms with E-state index in [1.54, 1.807) is 18.2 Å². The lowest BCUT2D eigenvalue weighted by Gasteiger charge is -2.18. The molecule has 126 valence electrons. The highest BCUT2D eigenvalue weighted by molar-refractivity contribution is 7.17. The number of carbonyl (C=O) groups excluding carboxylic acids is 2. The highest BCUT2D eigenvalue weighted by Crippen LogP contribution is 2.39. The molecule has 2 aromatic rings. The number of hydrogen-bond donors (Lipinski definition) is 2. The molecule has 1 unspecified atom stereocenters. The second-order valence-corrected chi connectivity index (χ2v) is 7.34. The summed E-state index contributed by atoms with van der Waals surface area (Å²) in [5, 5.41) is 3.24. The fraction of sp³-hybridized carbons (Fsp3) is 0.333. The number of anilines is 1. The van der Waals surface area contributed by atoms with Gasteiger partial charge in [-0.25, -0.2) is 4.39 Å². The van der Waals surface area contributed by atoms with Crippen LogP contribution in [0.3, 0.4) is 0 Å². The van der Waals surface area contributed by atoms with Gasteiger partial charge in [0.2, 0.25) is 5.91 Å². The minimum Gasteiger partial charge on any atom is -0.365 e. The molecular weight excluding hydrogens is 327 g/mol. The van der Waals surface area contributed by atoms with E-state index >= 15 is 0 Å². The van der Waals surface area contributed by atoms with Crippen molar-refractivity contribution in [3.63, 3.8) is 0 Å². The smallest absolute Gasteiger partial charge is 0.251 e. The molecule has 3 N–H and O–H groups in total. The van der Waals surface area contributed by atoms with Crippen LogP contribution in [-0.2, 0) is 24.1 Å². The standard InChI is InChI=1S/C18H19FN2O2S/c1-10-6-7-12-14(8-10)24-18(16(12)17(20)23)21-15(22)9-11-4-2-3-5-13(11)19/h2-5,10H,6-9H2,1H3,(H2,20,23)(H,21,22). The molecule has 24 heavy (non-hydrogen) atoms. The molecule has 1 aliphatic rings. The molecule has 1 aromatic heterocycles. The van der Waals surface area contributed by atoms with Gasteiger partial charge in [0.05, 0.1) is 12.0 Å². The Bertz CT molecular complexity index is 800. The van der Waals surface area contributed by atoms with Gasteiger partial charge < -0.3 is 11.1 Å². The van der Waals surface area contributed by atoms with Crippen LogP contribution in [0.15, 0.2) is 24.3 Å². The van der Waals surface area contributed by atoms with E-state index in [-0.39, 0.29) is 12.3 Å². The lowest BCUT2D eigenvalue weighted by Crippen LogP contribution is -2.20. The predicted octanol–water partition coefficient (Wildman–Crippen LogP) is 3.29. The third-order valence-electron chi connectivity index (χ3n) is 4.32. The number of nitrogens with two attached hydrogens (primary N) is 1. The van der Waals surface area contributed by atoms with Crippen LogP contribution in [0.25, 0.3) is 0 Å². The molecule has 0 saturated heterocycles. The molecular formula is C18H19FN2O2S. The van der Waals surface area contributed by atoms with Gasteiger partial charge in [-0.05, 0) is 42.4 Å². The van der Waals surface area contributed by atoms with Crippen molar-refractivity contribution < 1.29 is 14.0 Å². The van der Waals surface area contributed by atoms with Crippen molar-refractivity contribution in [3.05, 3.63) is 51.7 Å². The summed E-state index contributed by atoms with van der Waals surface area (Å²) in [5.74, 6) is -0.738. The average Bonchev–Trinajstić information content (AvgIpc) is 2.86. The quantitative estimate of drug-likeness (QED) is 0.892. The molecule has 1 aliphatic carbocycles. The molecule has 0 bridgehead atoms. The zero-order valence-electron chi connectivity index (χ0n) is 13.4. The second kappa shape index (κ2) is 6.73. The van der Waals surface area contributed by atoms with Crippen molar-refractivity contribution in [1.29, 1.82) is 0 Å². The van der Waals surface area contributed by atoms with E-state index in [4.69, 9.17) is 5.73 Å². The van der Waals surface area contributed by atoms with Crippen molar-refractivity contribution in [3.8, 4) is 0 Å². The first-order valence-corrected chi connectivity index (χ1v) is 8.75. The van der Waals surface area contributed by atoms with Crippen molar-refractivity contribution in [2.24, 2.45) is 11.7 Å². The molecule has 4 nitrogen and oxygen atoms in total. The van der Waals surface area contributed by atoms with Gasteiger partial charge in [-0.2, -0.15) is 0 Å². The summed E-state index contributed by atoms with van der Waals surface area (Å²) in [7, 11) is 0. The minimum atomic E-state index is -0.525. The summed E-state index contributed by atoms with van der Waals surface area (Å²) in [4.78, 5) is 25.2. The number of nitrogens with one attached hydrogen (secondary N) is 1. The van der Waals surface area contributed by atoms with Crippen LogP contribution >= 0.6 is 11.3 Å². The van der Waals surface area contributed by atoms with Gasteiger partial charge in [0.25, 0.3) is 5.91 Å². The first kappa shape index (κ1) is 16.6. The number of carbonyl (C=O) groups is 2. The Morgan fingerprint density at radius 3 is 2.83 bits per heavy atom. The Morgan fingerprint density at radius 1 is 1.38 bits per heavy atom. The van der Waals surface area contributed by atoms with Crippen LogP contribution in [0.2, 0.25) is 0 Å². The molecule has 2 amide bonds. The molecule has 0 saturated carbocycles. The van der Waals surface area contributed by atoms with Crippen LogP contribution in [0.5, 0.6) is 0 Å². The number of rotatable bonds is 4. The number of amides is 2. The van der Waals surface area contributed by atoms with Gasteiger partial charge in [0.15, 0.2) is 0 Å². The fourth-order valence-electron chi connectivity index (χ4n) is 3.09. The van der Waals surface area contributed by atoms with Crippen LogP contribution < -0.4 is 11.1 Å². The highest BCUT2D eigenvalue weighted by atomic mass is 32.1. The van der Waals surface area contributed by atoms with Gasteiger partial charge in [0.1, 0.15) is 10.8 Å². The topological polar surface area (TPSA) is 72.2 Å². The Hall–Kier alpha value is -2.21. The van der Waals surface area contributed by atoms with Crippen LogP contribution in [0.1, 0.15) is 39.7 Å². The van der Waals surface area contributed by atoms with E-state index in [1.807, 2.05) is 0 Å². The van der Waals surface area contributed by atoms with Gasteiger partial charge in [-0.3, -0.25) is 9.59 Å². The number of fused-ring (bicyclic) bond motifs is 1. The monoisotopic (exact) mass is 346 g/mol. The SMILES string of the molecule is CC1CCc2c(sc(NC(=O)Cc3ccccc3F)c2C(N)=O)C1. The van der Waals surface area contributed by atoms with Crippen LogP contribution in [0.4, 0.5) is 9.39 Å². The molecule has 0 aliphatic heterocycles. The van der Waals surface area contributed by atoms with E-state index in [0.29, 0.717) is 22.0 Å². The van der Waals surface area contributed by atoms with E-state index < -0.39 is 11.7 Å². The maximum absolute atomic E-state index is 13.7. The number of benzene rings is 1. The predicted molar refractivity (Wildman–Crippen MR) is 92.8 cm³/mol. The van der Waals surface area contributed by atoms with Gasteiger partial charge in [0, 0.05) is 4.88 Å². The molecule has 3 rings (SSSR count). The second-order valence-electron chi connectivity index (χ2n) is 6.24. The summed E-state index contributed by atoms with van der Waals surface area (Å²) in [6.45, 7) is 2.17. The van der Waals surface area contributed by atoms with Crippen molar-refractivity contribution in [2.75, 3.05) is 5.32 Å². The maximum atomic E-state index is 13.7. The lowest BCUT2D eigenvalue weighted by molar-refractivity contribution is -0.115. The Kier molecular flexibility index (Phi) is 4.66. The van der Waals surface area contributed by atoms with E-state index in [2.05, 4.69) is 12.2 Å². The number of primary amides is 1. The lowest BCUT2D eigenvalue weighted by atomic mass is 9.88. The molecule has 1 atom stereocenters. The Balaban J connectivity index is 1.83. The van der Waals surface area contributed by atoms with E-state index in [1.165, 1.54) is 17.4 Å². The van der Waals surface area contributed by atoms with Gasteiger partial charge in [-0.15, -0.1) is 11.3 Å².